The Labute approximate surface area is 402 Å². The molecular weight excluding hydrogens is 855 g/mol. The van der Waals surface area contributed by atoms with Crippen LogP contribution in [0.2, 0.25) is 0 Å². The third-order valence-corrected chi connectivity index (χ3v) is 14.2. The lowest BCUT2D eigenvalue weighted by molar-refractivity contribution is 0.666. The molecule has 15 aromatic rings. The van der Waals surface area contributed by atoms with E-state index in [4.69, 9.17) is 8.83 Å². The second-order valence-corrected chi connectivity index (χ2v) is 18.1. The van der Waals surface area contributed by atoms with E-state index in [0.29, 0.717) is 0 Å². The average molecular weight is 898 g/mol. The first kappa shape index (κ1) is 39.8. The zero-order chi connectivity index (χ0) is 46.5. The molecule has 5 aromatic heterocycles. The summed E-state index contributed by atoms with van der Waals surface area (Å²) in [5.74, 6) is 0. The Kier molecular flexibility index (Phi) is 8.89. The predicted octanol–water partition coefficient (Wildman–Crippen LogP) is 17.9. The summed E-state index contributed by atoms with van der Waals surface area (Å²) >= 11 is 0. The molecule has 5 heteroatoms. The number of nitrogens with zero attached hydrogens (tertiary/aromatic N) is 3. The lowest BCUT2D eigenvalue weighted by Gasteiger charge is -2.11. The molecule has 330 valence electrons. The quantitative estimate of drug-likeness (QED) is 0.173. The predicted molar refractivity (Wildman–Crippen MR) is 293 cm³/mol. The molecule has 10 aromatic carbocycles. The van der Waals surface area contributed by atoms with Crippen molar-refractivity contribution in [1.82, 2.24) is 13.7 Å². The molecule has 0 amide bonds. The summed E-state index contributed by atoms with van der Waals surface area (Å²) in [5, 5.41) is 10.6. The Hall–Kier alpha value is -9.32. The second kappa shape index (κ2) is 15.6. The standard InChI is InChI=1S/C48H28N2O2.C17H15N/c1-5-17-39-31(11-1)32-12-2-6-18-40(32)49(39)43-21-9-15-35-37-27-29(23-25-45(37)51-47(35)43)30-24-26-46-38(28-30)36-16-10-22-44(48(36)52-46)50-41-19-7-3-13-33(41)34-14-4-8-20-42(34)50;1-3-15-12-14-9-5-7-11-17(14)18(15)16-10-6-4-8-13(16)2/h1-28H;3-12H,1H2,2H3. The van der Waals surface area contributed by atoms with E-state index in [1.807, 2.05) is 6.08 Å². The van der Waals surface area contributed by atoms with Gasteiger partial charge in [-0.1, -0.05) is 152 Å². The van der Waals surface area contributed by atoms with Gasteiger partial charge in [0.15, 0.2) is 11.2 Å². The summed E-state index contributed by atoms with van der Waals surface area (Å²) in [6.45, 7) is 6.06. The number of furan rings is 2. The van der Waals surface area contributed by atoms with Gasteiger partial charge in [0.25, 0.3) is 0 Å². The monoisotopic (exact) mass is 897 g/mol. The lowest BCUT2D eigenvalue weighted by Crippen LogP contribution is -1.98. The average Bonchev–Trinajstić information content (AvgIpc) is 4.23. The molecule has 0 unspecified atom stereocenters. The normalized spacial score (nSPS) is 11.8. The van der Waals surface area contributed by atoms with E-state index >= 15 is 0 Å². The molecule has 0 spiro atoms. The summed E-state index contributed by atoms with van der Waals surface area (Å²) in [6, 6.07) is 79.5. The maximum absolute atomic E-state index is 6.68. The van der Waals surface area contributed by atoms with Crippen molar-refractivity contribution in [2.75, 3.05) is 0 Å². The molecule has 0 saturated carbocycles. The lowest BCUT2D eigenvalue weighted by atomic mass is 10.0. The number of fused-ring (bicyclic) bond motifs is 13. The van der Waals surface area contributed by atoms with E-state index in [2.05, 4.69) is 252 Å². The van der Waals surface area contributed by atoms with Crippen LogP contribution in [0.15, 0.2) is 240 Å². The van der Waals surface area contributed by atoms with Crippen molar-refractivity contribution >= 4 is 104 Å². The number of para-hydroxylation sites is 8. The van der Waals surface area contributed by atoms with Crippen molar-refractivity contribution in [3.05, 3.63) is 242 Å². The maximum Gasteiger partial charge on any atom is 0.159 e. The van der Waals surface area contributed by atoms with E-state index in [0.717, 1.165) is 72.1 Å². The van der Waals surface area contributed by atoms with Crippen LogP contribution in [0, 0.1) is 6.92 Å². The minimum atomic E-state index is 0.873. The third kappa shape index (κ3) is 5.98. The van der Waals surface area contributed by atoms with Gasteiger partial charge in [-0.3, -0.25) is 0 Å². The van der Waals surface area contributed by atoms with E-state index in [9.17, 15) is 0 Å². The fourth-order valence-electron chi connectivity index (χ4n) is 11.1. The number of hydrogen-bond donors (Lipinski definition) is 0. The molecule has 0 atom stereocenters. The van der Waals surface area contributed by atoms with Crippen LogP contribution in [0.1, 0.15) is 11.3 Å². The van der Waals surface area contributed by atoms with Crippen molar-refractivity contribution < 1.29 is 8.83 Å². The second-order valence-electron chi connectivity index (χ2n) is 18.1. The third-order valence-electron chi connectivity index (χ3n) is 14.2. The maximum atomic E-state index is 6.68. The SMILES string of the molecule is C=Cc1cc2ccccc2n1-c1ccccc1C.c1cc(-n2c3ccccc3c3ccccc32)c2oc3ccc(-c4ccc5oc6c(-n7c8ccccc8c8ccccc87)cccc6c5c4)cc3c2c1. The number of rotatable bonds is 5. The first-order valence-corrected chi connectivity index (χ1v) is 23.8. The van der Waals surface area contributed by atoms with Crippen LogP contribution in [0.4, 0.5) is 0 Å². The molecule has 5 heterocycles. The highest BCUT2D eigenvalue weighted by Gasteiger charge is 2.20. The van der Waals surface area contributed by atoms with Crippen molar-refractivity contribution in [1.29, 1.82) is 0 Å². The van der Waals surface area contributed by atoms with Gasteiger partial charge >= 0.3 is 0 Å². The van der Waals surface area contributed by atoms with Gasteiger partial charge in [-0.15, -0.1) is 0 Å². The summed E-state index contributed by atoms with van der Waals surface area (Å²) in [6.07, 6.45) is 1.91. The Balaban J connectivity index is 0.000000215. The zero-order valence-corrected chi connectivity index (χ0v) is 38.3. The minimum Gasteiger partial charge on any atom is -0.454 e. The summed E-state index contributed by atoms with van der Waals surface area (Å²) in [5.41, 5.74) is 17.4. The van der Waals surface area contributed by atoms with Crippen LogP contribution in [0.25, 0.3) is 133 Å². The smallest absolute Gasteiger partial charge is 0.159 e. The molecule has 70 heavy (non-hydrogen) atoms. The number of aromatic nitrogens is 3. The first-order valence-electron chi connectivity index (χ1n) is 23.8. The Morgan fingerprint density at radius 3 is 1.21 bits per heavy atom. The Morgan fingerprint density at radius 1 is 0.343 bits per heavy atom. The van der Waals surface area contributed by atoms with Crippen LogP contribution < -0.4 is 0 Å². The van der Waals surface area contributed by atoms with E-state index in [1.54, 1.807) is 0 Å². The van der Waals surface area contributed by atoms with E-state index < -0.39 is 0 Å². The van der Waals surface area contributed by atoms with Gasteiger partial charge in [0.05, 0.1) is 39.0 Å². The van der Waals surface area contributed by atoms with Crippen LogP contribution in [-0.4, -0.2) is 13.7 Å². The van der Waals surface area contributed by atoms with Gasteiger partial charge < -0.3 is 22.5 Å². The van der Waals surface area contributed by atoms with E-state index in [1.165, 1.54) is 65.8 Å². The highest BCUT2D eigenvalue weighted by Crippen LogP contribution is 2.42. The summed E-state index contributed by atoms with van der Waals surface area (Å²) in [4.78, 5) is 0. The topological polar surface area (TPSA) is 41.1 Å². The fraction of sp³-hybridized carbons (Fsp3) is 0.0154. The zero-order valence-electron chi connectivity index (χ0n) is 38.3. The van der Waals surface area contributed by atoms with Crippen LogP contribution in [0.5, 0.6) is 0 Å². The van der Waals surface area contributed by atoms with Gasteiger partial charge in [-0.2, -0.15) is 0 Å². The summed E-state index contributed by atoms with van der Waals surface area (Å²) < 4.78 is 20.3. The minimum absolute atomic E-state index is 0.873. The molecule has 5 nitrogen and oxygen atoms in total. The van der Waals surface area contributed by atoms with Crippen LogP contribution >= 0.6 is 0 Å². The van der Waals surface area contributed by atoms with Gasteiger partial charge in [-0.25, -0.2) is 0 Å². The highest BCUT2D eigenvalue weighted by atomic mass is 16.3. The molecule has 15 rings (SSSR count). The number of benzene rings is 10. The van der Waals surface area contributed by atoms with E-state index in [-0.39, 0.29) is 0 Å². The molecule has 0 saturated heterocycles. The van der Waals surface area contributed by atoms with Gasteiger partial charge in [0.2, 0.25) is 0 Å². The van der Waals surface area contributed by atoms with Gasteiger partial charge in [0.1, 0.15) is 11.2 Å². The molecule has 0 N–H and O–H groups in total. The molecule has 0 radical (unpaired) electrons. The van der Waals surface area contributed by atoms with Crippen LogP contribution in [0.3, 0.4) is 0 Å². The largest absolute Gasteiger partial charge is 0.454 e. The highest BCUT2D eigenvalue weighted by molar-refractivity contribution is 6.15. The van der Waals surface area contributed by atoms with Crippen LogP contribution in [-0.2, 0) is 0 Å². The van der Waals surface area contributed by atoms with Crippen molar-refractivity contribution in [2.45, 2.75) is 6.92 Å². The number of aryl methyl sites for hydroxylation is 1. The van der Waals surface area contributed by atoms with Crippen molar-refractivity contribution in [3.63, 3.8) is 0 Å². The molecule has 0 aliphatic rings. The molecular formula is C65H43N3O2. The molecule has 0 aliphatic heterocycles. The molecule has 0 aliphatic carbocycles. The summed E-state index contributed by atoms with van der Waals surface area (Å²) in [7, 11) is 0. The Bertz CT molecular complexity index is 4250. The number of hydrogen-bond acceptors (Lipinski definition) is 2. The molecule has 0 fully saturated rings. The van der Waals surface area contributed by atoms with Crippen molar-refractivity contribution in [3.8, 4) is 28.2 Å². The van der Waals surface area contributed by atoms with Gasteiger partial charge in [-0.05, 0) is 109 Å². The van der Waals surface area contributed by atoms with Crippen molar-refractivity contribution in [2.24, 2.45) is 0 Å². The molecule has 0 bridgehead atoms. The fourth-order valence-corrected chi connectivity index (χ4v) is 11.1. The van der Waals surface area contributed by atoms with Gasteiger partial charge in [0, 0.05) is 59.9 Å². The first-order chi connectivity index (χ1) is 34.6. The Morgan fingerprint density at radius 2 is 0.743 bits per heavy atom.